The van der Waals surface area contributed by atoms with Gasteiger partial charge in [0, 0.05) is 52.3 Å². The first-order valence-corrected chi connectivity index (χ1v) is 27.5. The Morgan fingerprint density at radius 2 is 0.931 bits per heavy atom. The van der Waals surface area contributed by atoms with Gasteiger partial charge in [-0.05, 0) is 119 Å². The number of nitrogens with one attached hydrogen (secondary N) is 5. The number of hydrogen-bond donors (Lipinski definition) is 12. The summed E-state index contributed by atoms with van der Waals surface area (Å²) in [6.45, 7) is 0.358. The third kappa shape index (κ3) is 14.1. The van der Waals surface area contributed by atoms with Gasteiger partial charge in [0.25, 0.3) is 10.1 Å². The zero-order valence-corrected chi connectivity index (χ0v) is 48.4. The van der Waals surface area contributed by atoms with Crippen molar-refractivity contribution in [1.29, 1.82) is 0 Å². The predicted molar refractivity (Wildman–Crippen MR) is 322 cm³/mol. The Balaban J connectivity index is 0.00000451. The average Bonchev–Trinajstić information content (AvgIpc) is 1.46. The number of aromatic nitrogens is 6. The maximum absolute atomic E-state index is 12.0. The fourth-order valence-corrected chi connectivity index (χ4v) is 9.64. The van der Waals surface area contributed by atoms with Crippen molar-refractivity contribution in [2.45, 2.75) is 11.3 Å². The van der Waals surface area contributed by atoms with E-state index in [9.17, 15) is 43.6 Å². The predicted octanol–water partition coefficient (Wildman–Crippen LogP) is 14.3. The van der Waals surface area contributed by atoms with Gasteiger partial charge in [0.1, 0.15) is 45.7 Å². The fraction of sp³-hybridized carbons (Fsp3) is 0.0345. The summed E-state index contributed by atoms with van der Waals surface area (Å²) in [6.07, 6.45) is 0.501. The van der Waals surface area contributed by atoms with E-state index in [1.54, 1.807) is 91.0 Å². The first kappa shape index (κ1) is 61.6. The molecule has 0 aliphatic carbocycles. The summed E-state index contributed by atoms with van der Waals surface area (Å²) in [6, 6.07) is 43.2. The number of benzene rings is 9. The molecule has 446 valence electrons. The number of hydrogen-bond acceptors (Lipinski definition) is 23. The van der Waals surface area contributed by atoms with Crippen LogP contribution in [0.25, 0.3) is 32.9 Å². The third-order valence-electron chi connectivity index (χ3n) is 12.8. The molecule has 87 heavy (non-hydrogen) atoms. The third-order valence-corrected chi connectivity index (χ3v) is 14.0. The smallest absolute Gasteiger partial charge is 0.294 e. The maximum Gasteiger partial charge on any atom is 0.294 e. The molecular weight excluding hydrogens is 1280 g/mol. The van der Waals surface area contributed by atoms with E-state index in [0.717, 1.165) is 17.7 Å². The van der Waals surface area contributed by atoms with Crippen molar-refractivity contribution < 1.29 is 77.7 Å². The van der Waals surface area contributed by atoms with Gasteiger partial charge in [0.05, 0.1) is 49.8 Å². The number of halogens is 2. The molecule has 11 rings (SSSR count). The summed E-state index contributed by atoms with van der Waals surface area (Å²) in [5.74, 6) is -1.04. The molecule has 0 spiro atoms. The molecule has 2 heterocycles. The molecule has 0 amide bonds. The van der Waals surface area contributed by atoms with Crippen LogP contribution in [-0.2, 0) is 50.7 Å². The minimum Gasteiger partial charge on any atom is -0.507 e. The molecule has 24 nitrogen and oxygen atoms in total. The molecule has 2 aromatic heterocycles. The van der Waals surface area contributed by atoms with Crippen molar-refractivity contribution >= 4 is 130 Å². The molecule has 9 aromatic carbocycles. The molecule has 0 aliphatic heterocycles. The molecule has 11 aromatic rings. The van der Waals surface area contributed by atoms with Gasteiger partial charge in [-0.3, -0.25) is 4.55 Å². The Morgan fingerprint density at radius 1 is 0.437 bits per heavy atom. The van der Waals surface area contributed by atoms with Crippen molar-refractivity contribution in [3.05, 3.63) is 180 Å². The van der Waals surface area contributed by atoms with Gasteiger partial charge in [-0.1, -0.05) is 84.9 Å². The van der Waals surface area contributed by atoms with Gasteiger partial charge in [-0.15, -0.1) is 20.5 Å². The minimum atomic E-state index is -4.70. The number of nitrogens with zero attached hydrogens (tertiary/aromatic N) is 10. The van der Waals surface area contributed by atoms with E-state index >= 15 is 0 Å². The van der Waals surface area contributed by atoms with Crippen LogP contribution in [0.2, 0.25) is 10.6 Å². The molecular formula is C58H43Cl2Cu2N15O9S. The second kappa shape index (κ2) is 26.5. The molecule has 0 saturated carbocycles. The second-order valence-electron chi connectivity index (χ2n) is 18.5. The summed E-state index contributed by atoms with van der Waals surface area (Å²) in [7, 11) is -4.70. The molecule has 2 radical (unpaired) electrons. The van der Waals surface area contributed by atoms with E-state index in [0.29, 0.717) is 40.7 Å². The van der Waals surface area contributed by atoms with Crippen LogP contribution >= 0.6 is 23.2 Å². The van der Waals surface area contributed by atoms with E-state index in [1.165, 1.54) is 42.5 Å². The summed E-state index contributed by atoms with van der Waals surface area (Å²) < 4.78 is 33.7. The number of anilines is 9. The summed E-state index contributed by atoms with van der Waals surface area (Å²) in [5, 5.41) is 99.5. The van der Waals surface area contributed by atoms with Gasteiger partial charge >= 0.3 is 0 Å². The van der Waals surface area contributed by atoms with Crippen molar-refractivity contribution in [3.8, 4) is 45.9 Å². The number of rotatable bonds is 18. The van der Waals surface area contributed by atoms with E-state index in [4.69, 9.17) is 23.2 Å². The van der Waals surface area contributed by atoms with Crippen molar-refractivity contribution in [2.24, 2.45) is 20.5 Å². The van der Waals surface area contributed by atoms with Crippen molar-refractivity contribution in [2.75, 3.05) is 33.1 Å². The van der Waals surface area contributed by atoms with Crippen LogP contribution in [0.3, 0.4) is 0 Å². The van der Waals surface area contributed by atoms with Crippen molar-refractivity contribution in [1.82, 2.24) is 29.9 Å². The van der Waals surface area contributed by atoms with Crippen LogP contribution in [0.15, 0.2) is 189 Å². The topological polar surface area (TPSA) is 363 Å². The van der Waals surface area contributed by atoms with Crippen LogP contribution in [0.4, 0.5) is 74.7 Å². The van der Waals surface area contributed by atoms with Gasteiger partial charge in [0.2, 0.25) is 28.4 Å². The van der Waals surface area contributed by atoms with Gasteiger partial charge in [-0.25, -0.2) is 0 Å². The number of para-hydroxylation sites is 6. The number of phenols is 6. The normalized spacial score (nSPS) is 11.3. The first-order chi connectivity index (χ1) is 41.0. The number of phenolic OH excluding ortho intramolecular Hbond substituents is 6. The molecule has 0 unspecified atom stereocenters. The Hall–Kier alpha value is -9.95. The van der Waals surface area contributed by atoms with E-state index in [-0.39, 0.29) is 153 Å². The maximum atomic E-state index is 12.0. The average molecular weight is 1320 g/mol. The standard InChI is InChI=1S/C58H43Cl2N15O9S.2Cu/c59-54-66-53(67-57(69-54)64-39-11-6-13-41(51(39)80)73-75-50-38(63-36-10-2-4-16-44(36)77)25-23-33-28-34(85(82,83)84)29-46(79)48(33)50)32-20-18-30(19-21-32)26-27-61-56-68-55(60)70-58(71-56)65-40-12-7-14-42(52(40)81)72-74-49-37(62-35-9-1-3-15-43(35)76)24-22-31-8-5-17-45(78)47(31)49;;/h1-25,28-29,62-63,76-81H,26-27H2,(H,82,83,84)(H,64,66,67,69)(H2,61,65,68,70,71);;. The van der Waals surface area contributed by atoms with Gasteiger partial charge in [-0.2, -0.15) is 38.3 Å². The number of azo groups is 2. The Labute approximate surface area is 524 Å². The summed E-state index contributed by atoms with van der Waals surface area (Å²) >= 11 is 12.7. The largest absolute Gasteiger partial charge is 0.507 e. The quantitative estimate of drug-likeness (QED) is 0.0164. The minimum absolute atomic E-state index is 0. The molecule has 29 heteroatoms. The Morgan fingerprint density at radius 3 is 1.51 bits per heavy atom. The van der Waals surface area contributed by atoms with E-state index in [1.807, 2.05) is 18.2 Å². The van der Waals surface area contributed by atoms with Crippen molar-refractivity contribution in [3.63, 3.8) is 0 Å². The van der Waals surface area contributed by atoms with Crippen LogP contribution in [-0.4, -0.2) is 80.1 Å². The van der Waals surface area contributed by atoms with Crippen LogP contribution in [0, 0.1) is 0 Å². The van der Waals surface area contributed by atoms with E-state index < -0.39 is 20.8 Å². The zero-order chi connectivity index (χ0) is 59.4. The SMILES string of the molecule is O=S(=O)(O)c1cc(O)c2c(N=Nc3cccc(Nc4nc(Cl)nc(-c5ccc(CCNc6nc(Cl)nc(Nc7cccc(N=Nc8c(Nc9ccccc9O)ccc9cccc(O)c89)c7O)n6)cc5)n4)c3O)c(Nc3ccccc3O)ccc2c1.[Cu].[Cu]. The van der Waals surface area contributed by atoms with Crippen LogP contribution in [0.1, 0.15) is 5.56 Å². The number of aromatic hydroxyl groups is 6. The number of fused-ring (bicyclic) bond motifs is 2. The first-order valence-electron chi connectivity index (χ1n) is 25.3. The van der Waals surface area contributed by atoms with Gasteiger partial charge < -0.3 is 57.2 Å². The van der Waals surface area contributed by atoms with Crippen LogP contribution in [0.5, 0.6) is 34.5 Å². The van der Waals surface area contributed by atoms with Crippen LogP contribution < -0.4 is 26.6 Å². The van der Waals surface area contributed by atoms with Gasteiger partial charge in [0.15, 0.2) is 17.3 Å². The molecule has 0 bridgehead atoms. The second-order valence-corrected chi connectivity index (χ2v) is 20.6. The molecule has 12 N–H and O–H groups in total. The monoisotopic (exact) mass is 1320 g/mol. The Bertz CT molecular complexity index is 4600. The Kier molecular flexibility index (Phi) is 18.8. The summed E-state index contributed by atoms with van der Waals surface area (Å²) in [5.41, 5.74) is 3.37. The molecule has 0 atom stereocenters. The van der Waals surface area contributed by atoms with E-state index in [2.05, 4.69) is 76.9 Å². The summed E-state index contributed by atoms with van der Waals surface area (Å²) in [4.78, 5) is 25.3. The molecule has 0 aliphatic rings. The fourth-order valence-electron chi connectivity index (χ4n) is 8.78. The molecule has 0 fully saturated rings. The molecule has 0 saturated heterocycles. The zero-order valence-electron chi connectivity index (χ0n) is 44.2.